The normalized spacial score (nSPS) is 21.9. The minimum atomic E-state index is -0.605. The SMILES string of the molecule is O=C(NO)c1cnc(N2CC3C(C2)C3NCc2cccc(-c3ccccc3)c2)nc1. The number of carbonyl (C=O) groups is 1. The van der Waals surface area contributed by atoms with Crippen LogP contribution in [-0.2, 0) is 6.54 Å². The van der Waals surface area contributed by atoms with Crippen molar-refractivity contribution in [1.82, 2.24) is 20.8 Å². The molecule has 2 fully saturated rings. The summed E-state index contributed by atoms with van der Waals surface area (Å²) in [6.45, 7) is 2.69. The van der Waals surface area contributed by atoms with Crippen LogP contribution < -0.4 is 15.7 Å². The summed E-state index contributed by atoms with van der Waals surface area (Å²) in [5.74, 6) is 1.23. The molecule has 1 aliphatic carbocycles. The highest BCUT2D eigenvalue weighted by Crippen LogP contribution is 2.46. The van der Waals surface area contributed by atoms with Gasteiger partial charge in [-0.3, -0.25) is 10.0 Å². The second-order valence-corrected chi connectivity index (χ2v) is 7.92. The highest BCUT2D eigenvalue weighted by Gasteiger charge is 2.55. The number of aromatic nitrogens is 2. The Balaban J connectivity index is 1.15. The van der Waals surface area contributed by atoms with Crippen LogP contribution in [0, 0.1) is 11.8 Å². The van der Waals surface area contributed by atoms with Crippen LogP contribution in [0.25, 0.3) is 11.1 Å². The van der Waals surface area contributed by atoms with E-state index >= 15 is 0 Å². The molecule has 30 heavy (non-hydrogen) atoms. The second kappa shape index (κ2) is 7.85. The first-order chi connectivity index (χ1) is 14.7. The Labute approximate surface area is 174 Å². The summed E-state index contributed by atoms with van der Waals surface area (Å²) in [5.41, 5.74) is 5.60. The predicted molar refractivity (Wildman–Crippen MR) is 113 cm³/mol. The molecule has 1 saturated carbocycles. The lowest BCUT2D eigenvalue weighted by Gasteiger charge is -2.20. The Morgan fingerprint density at radius 2 is 1.70 bits per heavy atom. The van der Waals surface area contributed by atoms with Gasteiger partial charge in [0.25, 0.3) is 5.91 Å². The summed E-state index contributed by atoms with van der Waals surface area (Å²) < 4.78 is 0. The highest BCUT2D eigenvalue weighted by atomic mass is 16.5. The molecular formula is C23H23N5O2. The molecule has 5 rings (SSSR count). The molecule has 2 unspecified atom stereocenters. The van der Waals surface area contributed by atoms with Crippen molar-refractivity contribution in [3.8, 4) is 11.1 Å². The van der Waals surface area contributed by atoms with E-state index < -0.39 is 5.91 Å². The summed E-state index contributed by atoms with van der Waals surface area (Å²) in [6, 6.07) is 19.7. The molecule has 2 heterocycles. The average molecular weight is 401 g/mol. The zero-order valence-electron chi connectivity index (χ0n) is 16.4. The van der Waals surface area contributed by atoms with E-state index in [9.17, 15) is 4.79 Å². The van der Waals surface area contributed by atoms with Crippen molar-refractivity contribution in [3.63, 3.8) is 0 Å². The lowest BCUT2D eigenvalue weighted by Crippen LogP contribution is -2.32. The molecule has 3 aromatic rings. The Morgan fingerprint density at radius 1 is 1.00 bits per heavy atom. The molecule has 7 nitrogen and oxygen atoms in total. The third-order valence-electron chi connectivity index (χ3n) is 6.05. The Morgan fingerprint density at radius 3 is 2.40 bits per heavy atom. The molecular weight excluding hydrogens is 378 g/mol. The molecule has 1 amide bonds. The summed E-state index contributed by atoms with van der Waals surface area (Å²) in [6.07, 6.45) is 2.88. The van der Waals surface area contributed by atoms with Gasteiger partial charge < -0.3 is 10.2 Å². The van der Waals surface area contributed by atoms with Crippen LogP contribution in [0.1, 0.15) is 15.9 Å². The van der Waals surface area contributed by atoms with Crippen LogP contribution in [0.5, 0.6) is 0 Å². The molecule has 0 bridgehead atoms. The molecule has 3 N–H and O–H groups in total. The summed E-state index contributed by atoms with van der Waals surface area (Å²) in [4.78, 5) is 22.1. The summed E-state index contributed by atoms with van der Waals surface area (Å²) >= 11 is 0. The van der Waals surface area contributed by atoms with Gasteiger partial charge in [-0.1, -0.05) is 48.5 Å². The molecule has 2 aromatic carbocycles. The van der Waals surface area contributed by atoms with Gasteiger partial charge >= 0.3 is 0 Å². The number of amides is 1. The van der Waals surface area contributed by atoms with Gasteiger partial charge in [-0.15, -0.1) is 0 Å². The molecule has 1 aromatic heterocycles. The first-order valence-corrected chi connectivity index (χ1v) is 10.1. The number of hydroxylamine groups is 1. The van der Waals surface area contributed by atoms with Crippen LogP contribution in [0.3, 0.4) is 0 Å². The van der Waals surface area contributed by atoms with Crippen molar-refractivity contribution in [2.24, 2.45) is 11.8 Å². The van der Waals surface area contributed by atoms with Gasteiger partial charge in [0.2, 0.25) is 5.95 Å². The largest absolute Gasteiger partial charge is 0.340 e. The van der Waals surface area contributed by atoms with Crippen molar-refractivity contribution < 1.29 is 10.0 Å². The van der Waals surface area contributed by atoms with Crippen LogP contribution >= 0.6 is 0 Å². The molecule has 0 radical (unpaired) electrons. The Kier molecular flexibility index (Phi) is 4.90. The number of piperidine rings is 1. The van der Waals surface area contributed by atoms with Crippen LogP contribution in [0.4, 0.5) is 5.95 Å². The maximum absolute atomic E-state index is 11.4. The van der Waals surface area contributed by atoms with E-state index in [1.807, 2.05) is 6.07 Å². The highest BCUT2D eigenvalue weighted by molar-refractivity contribution is 5.92. The zero-order chi connectivity index (χ0) is 20.5. The Hall–Kier alpha value is -3.29. The van der Waals surface area contributed by atoms with Crippen molar-refractivity contribution in [2.45, 2.75) is 12.6 Å². The standard InChI is InChI=1S/C23H23N5O2/c29-22(27-30)18-11-25-23(26-12-18)28-13-19-20(14-28)21(19)24-10-15-5-4-8-17(9-15)16-6-2-1-3-7-16/h1-9,11-12,19-21,24,30H,10,13-14H2,(H,27,29). The van der Waals surface area contributed by atoms with Gasteiger partial charge in [0.05, 0.1) is 5.56 Å². The van der Waals surface area contributed by atoms with E-state index in [4.69, 9.17) is 5.21 Å². The zero-order valence-corrected chi connectivity index (χ0v) is 16.4. The Bertz CT molecular complexity index is 1030. The van der Waals surface area contributed by atoms with Gasteiger partial charge in [-0.2, -0.15) is 0 Å². The maximum Gasteiger partial charge on any atom is 0.277 e. The van der Waals surface area contributed by atoms with Crippen molar-refractivity contribution in [2.75, 3.05) is 18.0 Å². The van der Waals surface area contributed by atoms with Gasteiger partial charge in [-0.05, 0) is 34.6 Å². The number of fused-ring (bicyclic) bond motifs is 1. The maximum atomic E-state index is 11.4. The monoisotopic (exact) mass is 401 g/mol. The topological polar surface area (TPSA) is 90.4 Å². The van der Waals surface area contributed by atoms with E-state index in [2.05, 4.69) is 68.7 Å². The van der Waals surface area contributed by atoms with E-state index in [1.165, 1.54) is 29.1 Å². The van der Waals surface area contributed by atoms with Gasteiger partial charge in [0.15, 0.2) is 0 Å². The van der Waals surface area contributed by atoms with Crippen molar-refractivity contribution in [1.29, 1.82) is 0 Å². The second-order valence-electron chi connectivity index (χ2n) is 7.92. The lowest BCUT2D eigenvalue weighted by molar-refractivity contribution is 0.0705. The van der Waals surface area contributed by atoms with E-state index in [-0.39, 0.29) is 5.56 Å². The molecule has 1 aliphatic heterocycles. The average Bonchev–Trinajstić information content (AvgIpc) is 3.26. The summed E-state index contributed by atoms with van der Waals surface area (Å²) in [5, 5.41) is 12.4. The first-order valence-electron chi connectivity index (χ1n) is 10.1. The van der Waals surface area contributed by atoms with Crippen LogP contribution in [0.15, 0.2) is 67.0 Å². The van der Waals surface area contributed by atoms with Gasteiger partial charge in [0.1, 0.15) is 0 Å². The number of nitrogens with one attached hydrogen (secondary N) is 2. The lowest BCUT2D eigenvalue weighted by atomic mass is 10.0. The fourth-order valence-corrected chi connectivity index (χ4v) is 4.39. The third-order valence-corrected chi connectivity index (χ3v) is 6.05. The van der Waals surface area contributed by atoms with E-state index in [1.54, 1.807) is 5.48 Å². The number of hydrogen-bond acceptors (Lipinski definition) is 6. The molecule has 2 atom stereocenters. The number of nitrogens with zero attached hydrogens (tertiary/aromatic N) is 3. The fourth-order valence-electron chi connectivity index (χ4n) is 4.39. The minimum Gasteiger partial charge on any atom is -0.340 e. The number of anilines is 1. The number of benzene rings is 2. The molecule has 0 spiro atoms. The van der Waals surface area contributed by atoms with Crippen LogP contribution in [-0.4, -0.2) is 40.2 Å². The minimum absolute atomic E-state index is 0.239. The predicted octanol–water partition coefficient (Wildman–Crippen LogP) is 2.49. The van der Waals surface area contributed by atoms with Crippen LogP contribution in [0.2, 0.25) is 0 Å². The van der Waals surface area contributed by atoms with Crippen molar-refractivity contribution in [3.05, 3.63) is 78.1 Å². The number of carbonyl (C=O) groups excluding carboxylic acids is 1. The number of rotatable bonds is 6. The van der Waals surface area contributed by atoms with Gasteiger partial charge in [-0.25, -0.2) is 15.4 Å². The molecule has 1 saturated heterocycles. The van der Waals surface area contributed by atoms with Crippen molar-refractivity contribution >= 4 is 11.9 Å². The first kappa shape index (κ1) is 18.7. The third kappa shape index (κ3) is 3.65. The smallest absolute Gasteiger partial charge is 0.277 e. The molecule has 2 aliphatic rings. The van der Waals surface area contributed by atoms with E-state index in [0.29, 0.717) is 23.8 Å². The molecule has 152 valence electrons. The fraction of sp³-hybridized carbons (Fsp3) is 0.261. The molecule has 7 heteroatoms. The quantitative estimate of drug-likeness (QED) is 0.434. The number of hydrogen-bond donors (Lipinski definition) is 3. The van der Waals surface area contributed by atoms with Gasteiger partial charge in [0, 0.05) is 38.1 Å². The van der Waals surface area contributed by atoms with E-state index in [0.717, 1.165) is 19.6 Å². The summed E-state index contributed by atoms with van der Waals surface area (Å²) in [7, 11) is 0.